The Kier molecular flexibility index (Phi) is 5.49. The minimum atomic E-state index is -1.26. The van der Waals surface area contributed by atoms with Gasteiger partial charge < -0.3 is 10.2 Å². The van der Waals surface area contributed by atoms with Crippen LogP contribution < -0.4 is 5.32 Å². The molecule has 0 radical (unpaired) electrons. The van der Waals surface area contributed by atoms with Crippen molar-refractivity contribution in [3.05, 3.63) is 51.5 Å². The van der Waals surface area contributed by atoms with E-state index >= 15 is 0 Å². The summed E-state index contributed by atoms with van der Waals surface area (Å²) in [7, 11) is 0. The highest BCUT2D eigenvalue weighted by Gasteiger charge is 2.36. The highest BCUT2D eigenvalue weighted by atomic mass is 32.1. The van der Waals surface area contributed by atoms with Gasteiger partial charge in [0.1, 0.15) is 5.67 Å². The van der Waals surface area contributed by atoms with Crippen molar-refractivity contribution >= 4 is 17.2 Å². The minimum absolute atomic E-state index is 0.0250. The number of likely N-dealkylation sites (tertiary alicyclic amines) is 1. The fourth-order valence-corrected chi connectivity index (χ4v) is 3.87. The maximum atomic E-state index is 15.0. The molecule has 0 atom stereocenters. The lowest BCUT2D eigenvalue weighted by Gasteiger charge is -2.36. The highest BCUT2D eigenvalue weighted by Crippen LogP contribution is 2.27. The molecule has 1 N–H and O–H groups in total. The van der Waals surface area contributed by atoms with Crippen molar-refractivity contribution in [1.29, 1.82) is 0 Å². The molecule has 0 aromatic carbocycles. The Morgan fingerprint density at radius 3 is 2.68 bits per heavy atom. The van der Waals surface area contributed by atoms with Crippen LogP contribution in [0.15, 0.2) is 29.8 Å². The molecule has 1 amide bonds. The number of aryl methyl sites for hydroxylation is 2. The van der Waals surface area contributed by atoms with Crippen LogP contribution in [0.4, 0.5) is 4.39 Å². The fraction of sp³-hybridized carbons (Fsp3) is 0.474. The third-order valence-corrected chi connectivity index (χ3v) is 5.64. The molecule has 2 aromatic heterocycles. The van der Waals surface area contributed by atoms with Gasteiger partial charge in [-0.2, -0.15) is 0 Å². The maximum Gasteiger partial charge on any atom is 0.263 e. The summed E-state index contributed by atoms with van der Waals surface area (Å²) < 4.78 is 15.0. The summed E-state index contributed by atoms with van der Waals surface area (Å²) in [5.74, 6) is 0.0250. The first-order chi connectivity index (χ1) is 12.0. The molecule has 3 rings (SSSR count). The van der Waals surface area contributed by atoms with E-state index in [1.807, 2.05) is 43.6 Å². The van der Waals surface area contributed by atoms with Gasteiger partial charge in [-0.25, -0.2) is 4.39 Å². The van der Waals surface area contributed by atoms with E-state index in [1.54, 1.807) is 4.90 Å². The van der Waals surface area contributed by atoms with Gasteiger partial charge >= 0.3 is 0 Å². The maximum absolute atomic E-state index is 15.0. The van der Waals surface area contributed by atoms with Crippen LogP contribution in [0.5, 0.6) is 0 Å². The Morgan fingerprint density at radius 2 is 2.08 bits per heavy atom. The predicted octanol–water partition coefficient (Wildman–Crippen LogP) is 3.49. The van der Waals surface area contributed by atoms with E-state index in [0.717, 1.165) is 21.7 Å². The molecule has 0 saturated carbocycles. The average molecular weight is 361 g/mol. The van der Waals surface area contributed by atoms with Gasteiger partial charge in [0, 0.05) is 45.2 Å². The molecule has 1 saturated heterocycles. The van der Waals surface area contributed by atoms with Crippen molar-refractivity contribution in [2.45, 2.75) is 38.9 Å². The number of rotatable bonds is 5. The standard InChI is InChI=1S/C19H24FN3OS/c1-14-3-4-16(22-10-14)11-21-13-19(20)5-7-23(8-6-19)18(24)17-9-15(2)12-25-17/h3-4,9-10,12,21H,5-8,11,13H2,1-2H3. The van der Waals surface area contributed by atoms with Gasteiger partial charge in [-0.3, -0.25) is 9.78 Å². The minimum Gasteiger partial charge on any atom is -0.338 e. The summed E-state index contributed by atoms with van der Waals surface area (Å²) in [6.45, 7) is 5.76. The molecule has 1 fully saturated rings. The smallest absolute Gasteiger partial charge is 0.263 e. The van der Waals surface area contributed by atoms with Crippen molar-refractivity contribution < 1.29 is 9.18 Å². The molecule has 0 unspecified atom stereocenters. The zero-order valence-electron chi connectivity index (χ0n) is 14.7. The van der Waals surface area contributed by atoms with Gasteiger partial charge in [-0.05, 0) is 42.5 Å². The number of pyridine rings is 1. The van der Waals surface area contributed by atoms with Crippen LogP contribution in [0, 0.1) is 13.8 Å². The quantitative estimate of drug-likeness (QED) is 0.887. The first kappa shape index (κ1) is 18.0. The second kappa shape index (κ2) is 7.62. The number of nitrogens with zero attached hydrogens (tertiary/aromatic N) is 2. The van der Waals surface area contributed by atoms with E-state index in [9.17, 15) is 9.18 Å². The Balaban J connectivity index is 1.47. The molecule has 0 bridgehead atoms. The summed E-state index contributed by atoms with van der Waals surface area (Å²) in [4.78, 5) is 19.3. The van der Waals surface area contributed by atoms with Crippen LogP contribution in [0.3, 0.4) is 0 Å². The van der Waals surface area contributed by atoms with Crippen molar-refractivity contribution in [3.63, 3.8) is 0 Å². The van der Waals surface area contributed by atoms with Crippen LogP contribution in [-0.2, 0) is 6.54 Å². The molecular weight excluding hydrogens is 337 g/mol. The number of hydrogen-bond donors (Lipinski definition) is 1. The summed E-state index contributed by atoms with van der Waals surface area (Å²) in [6.07, 6.45) is 2.56. The van der Waals surface area contributed by atoms with Crippen LogP contribution in [-0.4, -0.2) is 41.1 Å². The lowest BCUT2D eigenvalue weighted by Crippen LogP contribution is -2.48. The van der Waals surface area contributed by atoms with E-state index < -0.39 is 5.67 Å². The van der Waals surface area contributed by atoms with Gasteiger partial charge in [0.15, 0.2) is 0 Å². The first-order valence-corrected chi connectivity index (χ1v) is 9.49. The number of nitrogens with one attached hydrogen (secondary N) is 1. The number of aromatic nitrogens is 1. The van der Waals surface area contributed by atoms with Gasteiger partial charge in [-0.15, -0.1) is 11.3 Å². The number of carbonyl (C=O) groups is 1. The molecule has 1 aliphatic rings. The Morgan fingerprint density at radius 1 is 1.32 bits per heavy atom. The first-order valence-electron chi connectivity index (χ1n) is 8.61. The molecule has 6 heteroatoms. The van der Waals surface area contributed by atoms with Crippen LogP contribution >= 0.6 is 11.3 Å². The van der Waals surface area contributed by atoms with E-state index in [2.05, 4.69) is 10.3 Å². The van der Waals surface area contributed by atoms with Crippen LogP contribution in [0.2, 0.25) is 0 Å². The SMILES string of the molecule is Cc1ccc(CNCC2(F)CCN(C(=O)c3cc(C)cs3)CC2)nc1. The molecule has 2 aromatic rings. The summed E-state index contributed by atoms with van der Waals surface area (Å²) in [5.41, 5.74) is 1.87. The summed E-state index contributed by atoms with van der Waals surface area (Å²) in [5, 5.41) is 5.14. The third-order valence-electron chi connectivity index (χ3n) is 4.61. The number of piperidine rings is 1. The van der Waals surface area contributed by atoms with Gasteiger partial charge in [-0.1, -0.05) is 6.07 Å². The zero-order chi connectivity index (χ0) is 17.9. The van der Waals surface area contributed by atoms with Gasteiger partial charge in [0.25, 0.3) is 5.91 Å². The number of amides is 1. The fourth-order valence-electron chi connectivity index (χ4n) is 3.00. The molecular formula is C19H24FN3OS. The van der Waals surface area contributed by atoms with Crippen LogP contribution in [0.25, 0.3) is 0 Å². The molecule has 1 aliphatic heterocycles. The Bertz CT molecular complexity index is 721. The van der Waals surface area contributed by atoms with E-state index in [0.29, 0.717) is 39.0 Å². The highest BCUT2D eigenvalue weighted by molar-refractivity contribution is 7.12. The zero-order valence-corrected chi connectivity index (χ0v) is 15.5. The lowest BCUT2D eigenvalue weighted by atomic mass is 9.93. The lowest BCUT2D eigenvalue weighted by molar-refractivity contribution is 0.0438. The third kappa shape index (κ3) is 4.64. The van der Waals surface area contributed by atoms with E-state index in [4.69, 9.17) is 0 Å². The topological polar surface area (TPSA) is 45.2 Å². The Hall–Kier alpha value is -1.79. The average Bonchev–Trinajstić information content (AvgIpc) is 3.03. The second-order valence-electron chi connectivity index (χ2n) is 6.86. The van der Waals surface area contributed by atoms with Gasteiger partial charge in [0.2, 0.25) is 0 Å². The number of alkyl halides is 1. The molecule has 25 heavy (non-hydrogen) atoms. The monoisotopic (exact) mass is 361 g/mol. The van der Waals surface area contributed by atoms with E-state index in [-0.39, 0.29) is 5.91 Å². The van der Waals surface area contributed by atoms with Crippen LogP contribution in [0.1, 0.15) is 39.3 Å². The number of hydrogen-bond acceptors (Lipinski definition) is 4. The van der Waals surface area contributed by atoms with Crippen molar-refractivity contribution in [1.82, 2.24) is 15.2 Å². The van der Waals surface area contributed by atoms with Gasteiger partial charge in [0.05, 0.1) is 10.6 Å². The van der Waals surface area contributed by atoms with E-state index in [1.165, 1.54) is 11.3 Å². The molecule has 3 heterocycles. The van der Waals surface area contributed by atoms with Crippen molar-refractivity contribution in [2.24, 2.45) is 0 Å². The molecule has 4 nitrogen and oxygen atoms in total. The molecule has 134 valence electrons. The summed E-state index contributed by atoms with van der Waals surface area (Å²) >= 11 is 1.46. The molecule has 0 spiro atoms. The normalized spacial score (nSPS) is 16.8. The van der Waals surface area contributed by atoms with Crippen molar-refractivity contribution in [3.8, 4) is 0 Å². The predicted molar refractivity (Wildman–Crippen MR) is 98.7 cm³/mol. The summed E-state index contributed by atoms with van der Waals surface area (Å²) in [6, 6.07) is 5.86. The second-order valence-corrected chi connectivity index (χ2v) is 7.77. The number of carbonyl (C=O) groups excluding carboxylic acids is 1. The molecule has 0 aliphatic carbocycles. The number of halogens is 1. The Labute approximate surface area is 152 Å². The number of thiophene rings is 1. The van der Waals surface area contributed by atoms with Crippen molar-refractivity contribution in [2.75, 3.05) is 19.6 Å². The largest absolute Gasteiger partial charge is 0.338 e.